The monoisotopic (exact) mass is 315 g/mol. The molecule has 8 heteroatoms. The smallest absolute Gasteiger partial charge is 0.330 e. The Bertz CT molecular complexity index is 424. The second-order valence-corrected chi connectivity index (χ2v) is 6.22. The van der Waals surface area contributed by atoms with Gasteiger partial charge in [0, 0.05) is 24.2 Å². The molecule has 2 rings (SSSR count). The Labute approximate surface area is 120 Å². The van der Waals surface area contributed by atoms with Crippen LogP contribution in [0.5, 0.6) is 0 Å². The second-order valence-electron chi connectivity index (χ2n) is 5.10. The van der Waals surface area contributed by atoms with Crippen molar-refractivity contribution in [2.75, 3.05) is 19.6 Å². The Balaban J connectivity index is 0.00000180. The predicted octanol–water partition coefficient (Wildman–Crippen LogP) is 2.75. The van der Waals surface area contributed by atoms with E-state index in [0.717, 1.165) is 30.8 Å². The molecule has 2 N–H and O–H groups in total. The molecule has 1 aliphatic rings. The zero-order valence-corrected chi connectivity index (χ0v) is 12.2. The largest absolute Gasteiger partial charge is 0.443 e. The normalized spacial score (nSPS) is 24.5. The van der Waals surface area contributed by atoms with Crippen LogP contribution in [0.1, 0.15) is 23.2 Å². The minimum atomic E-state index is -4.33. The lowest BCUT2D eigenvalue weighted by Gasteiger charge is -2.22. The van der Waals surface area contributed by atoms with Gasteiger partial charge in [0.2, 0.25) is 0 Å². The summed E-state index contributed by atoms with van der Waals surface area (Å²) < 4.78 is 37.2. The number of thiazole rings is 1. The number of nitrogens with two attached hydrogens (primary N) is 1. The lowest BCUT2D eigenvalue weighted by atomic mass is 9.90. The van der Waals surface area contributed by atoms with Crippen LogP contribution in [0.15, 0.2) is 6.20 Å². The van der Waals surface area contributed by atoms with Crippen molar-refractivity contribution in [1.82, 2.24) is 9.88 Å². The summed E-state index contributed by atoms with van der Waals surface area (Å²) in [5.41, 5.74) is 5.79. The first-order valence-corrected chi connectivity index (χ1v) is 6.58. The first-order valence-electron chi connectivity index (χ1n) is 5.77. The molecular weight excluding hydrogens is 299 g/mol. The molecule has 1 aromatic rings. The van der Waals surface area contributed by atoms with E-state index in [-0.39, 0.29) is 17.8 Å². The van der Waals surface area contributed by atoms with Gasteiger partial charge in [-0.05, 0) is 24.9 Å². The molecule has 1 atom stereocenters. The molecular formula is C11H17ClF3N3S. The fourth-order valence-corrected chi connectivity index (χ4v) is 2.98. The van der Waals surface area contributed by atoms with Crippen LogP contribution in [0.4, 0.5) is 13.2 Å². The SMILES string of the molecule is CC1(CN)CCN(Cc2cnc(C(F)(F)F)s2)C1.Cl. The molecule has 1 saturated heterocycles. The third kappa shape index (κ3) is 4.05. The van der Waals surface area contributed by atoms with Crippen LogP contribution in [0.3, 0.4) is 0 Å². The highest BCUT2D eigenvalue weighted by Gasteiger charge is 2.36. The summed E-state index contributed by atoms with van der Waals surface area (Å²) in [5.74, 6) is 0. The number of rotatable bonds is 3. The summed E-state index contributed by atoms with van der Waals surface area (Å²) in [7, 11) is 0. The highest BCUT2D eigenvalue weighted by molar-refractivity contribution is 7.11. The van der Waals surface area contributed by atoms with Crippen molar-refractivity contribution in [2.45, 2.75) is 26.1 Å². The standard InChI is InChI=1S/C11H16F3N3S.ClH/c1-10(6-15)2-3-17(7-10)5-8-4-16-9(18-8)11(12,13)14;/h4H,2-3,5-7,15H2,1H3;1H. The molecule has 1 aromatic heterocycles. The molecule has 0 aliphatic carbocycles. The number of hydrogen-bond acceptors (Lipinski definition) is 4. The average Bonchev–Trinajstić information content (AvgIpc) is 2.86. The zero-order chi connectivity index (χ0) is 13.4. The van der Waals surface area contributed by atoms with E-state index in [0.29, 0.717) is 18.0 Å². The molecule has 0 spiro atoms. The van der Waals surface area contributed by atoms with Gasteiger partial charge in [-0.3, -0.25) is 4.90 Å². The summed E-state index contributed by atoms with van der Waals surface area (Å²) >= 11 is 0.725. The first-order chi connectivity index (χ1) is 8.32. The molecule has 0 bridgehead atoms. The molecule has 1 aliphatic heterocycles. The molecule has 3 nitrogen and oxygen atoms in total. The third-order valence-electron chi connectivity index (χ3n) is 3.31. The van der Waals surface area contributed by atoms with Crippen molar-refractivity contribution < 1.29 is 13.2 Å². The van der Waals surface area contributed by atoms with Crippen molar-refractivity contribution >= 4 is 23.7 Å². The lowest BCUT2D eigenvalue weighted by molar-refractivity contribution is -0.137. The Morgan fingerprint density at radius 2 is 2.21 bits per heavy atom. The average molecular weight is 316 g/mol. The molecule has 19 heavy (non-hydrogen) atoms. The second kappa shape index (κ2) is 5.95. The van der Waals surface area contributed by atoms with E-state index in [4.69, 9.17) is 5.73 Å². The van der Waals surface area contributed by atoms with Gasteiger partial charge in [0.1, 0.15) is 0 Å². The molecule has 1 unspecified atom stereocenters. The summed E-state index contributed by atoms with van der Waals surface area (Å²) in [6, 6.07) is 0. The van der Waals surface area contributed by atoms with Crippen LogP contribution in [0, 0.1) is 5.41 Å². The van der Waals surface area contributed by atoms with Crippen molar-refractivity contribution in [3.63, 3.8) is 0 Å². The molecule has 0 aromatic carbocycles. The Morgan fingerprint density at radius 1 is 1.53 bits per heavy atom. The lowest BCUT2D eigenvalue weighted by Crippen LogP contribution is -2.30. The van der Waals surface area contributed by atoms with Gasteiger partial charge in [-0.1, -0.05) is 6.92 Å². The highest BCUT2D eigenvalue weighted by atomic mass is 35.5. The van der Waals surface area contributed by atoms with Crippen molar-refractivity contribution in [1.29, 1.82) is 0 Å². The summed E-state index contributed by atoms with van der Waals surface area (Å²) in [5, 5.41) is -0.765. The Morgan fingerprint density at radius 3 is 2.68 bits per heavy atom. The van der Waals surface area contributed by atoms with Gasteiger partial charge in [-0.25, -0.2) is 4.98 Å². The molecule has 0 saturated carbocycles. The van der Waals surface area contributed by atoms with E-state index >= 15 is 0 Å². The van der Waals surface area contributed by atoms with E-state index in [1.165, 1.54) is 6.20 Å². The minimum absolute atomic E-state index is 0. The van der Waals surface area contributed by atoms with E-state index in [1.54, 1.807) is 0 Å². The van der Waals surface area contributed by atoms with Crippen molar-refractivity contribution in [3.8, 4) is 0 Å². The molecule has 2 heterocycles. The van der Waals surface area contributed by atoms with Crippen molar-refractivity contribution in [2.24, 2.45) is 11.1 Å². The van der Waals surface area contributed by atoms with Crippen molar-refractivity contribution in [3.05, 3.63) is 16.1 Å². The summed E-state index contributed by atoms with van der Waals surface area (Å²) in [6.45, 7) is 4.97. The first kappa shape index (κ1) is 16.7. The van der Waals surface area contributed by atoms with Gasteiger partial charge in [0.05, 0.1) is 0 Å². The molecule has 1 fully saturated rings. The van der Waals surface area contributed by atoms with E-state index in [1.807, 2.05) is 0 Å². The van der Waals surface area contributed by atoms with E-state index in [9.17, 15) is 13.2 Å². The number of aromatic nitrogens is 1. The maximum Gasteiger partial charge on any atom is 0.443 e. The van der Waals surface area contributed by atoms with Gasteiger partial charge in [-0.15, -0.1) is 23.7 Å². The molecule has 0 amide bonds. The van der Waals surface area contributed by atoms with Gasteiger partial charge in [0.25, 0.3) is 0 Å². The fourth-order valence-electron chi connectivity index (χ4n) is 2.16. The van der Waals surface area contributed by atoms with Gasteiger partial charge < -0.3 is 5.73 Å². The number of hydrogen-bond donors (Lipinski definition) is 1. The predicted molar refractivity (Wildman–Crippen MR) is 71.4 cm³/mol. The zero-order valence-electron chi connectivity index (χ0n) is 10.5. The maximum atomic E-state index is 12.4. The van der Waals surface area contributed by atoms with Crippen LogP contribution < -0.4 is 5.73 Å². The van der Waals surface area contributed by atoms with E-state index < -0.39 is 11.2 Å². The van der Waals surface area contributed by atoms with E-state index in [2.05, 4.69) is 16.8 Å². The summed E-state index contributed by atoms with van der Waals surface area (Å²) in [6.07, 6.45) is -2.01. The minimum Gasteiger partial charge on any atom is -0.330 e. The number of alkyl halides is 3. The quantitative estimate of drug-likeness (QED) is 0.932. The van der Waals surface area contributed by atoms with Gasteiger partial charge in [0.15, 0.2) is 5.01 Å². The van der Waals surface area contributed by atoms with Crippen LogP contribution in [0.2, 0.25) is 0 Å². The molecule has 110 valence electrons. The summed E-state index contributed by atoms with van der Waals surface area (Å²) in [4.78, 5) is 6.22. The number of nitrogens with zero attached hydrogens (tertiary/aromatic N) is 2. The van der Waals surface area contributed by atoms with Crippen LogP contribution >= 0.6 is 23.7 Å². The van der Waals surface area contributed by atoms with Crippen LogP contribution in [-0.4, -0.2) is 29.5 Å². The number of halogens is 4. The third-order valence-corrected chi connectivity index (χ3v) is 4.33. The number of likely N-dealkylation sites (tertiary alicyclic amines) is 1. The Kier molecular flexibility index (Phi) is 5.22. The highest BCUT2D eigenvalue weighted by Crippen LogP contribution is 2.34. The Hall–Kier alpha value is -0.370. The molecule has 0 radical (unpaired) electrons. The van der Waals surface area contributed by atoms with Crippen LogP contribution in [-0.2, 0) is 12.7 Å². The van der Waals surface area contributed by atoms with Crippen LogP contribution in [0.25, 0.3) is 0 Å². The topological polar surface area (TPSA) is 42.1 Å². The fraction of sp³-hybridized carbons (Fsp3) is 0.727. The van der Waals surface area contributed by atoms with Gasteiger partial charge in [-0.2, -0.15) is 13.2 Å². The van der Waals surface area contributed by atoms with Gasteiger partial charge >= 0.3 is 6.18 Å². The maximum absolute atomic E-state index is 12.4.